The third-order valence-corrected chi connectivity index (χ3v) is 9.29. The number of thioether (sulfide) groups is 1. The van der Waals surface area contributed by atoms with Crippen molar-refractivity contribution >= 4 is 35.1 Å². The standard InChI is InChI=1S/C34H30N4O5S2/c1-20-29(33(40)43-4)31(21-11-14-25(44-5)15-12-21)38-32(39)28(45-34(38)35-20)18-23-19-37(24-9-7-6-8-10-24)36-30(23)22-13-16-26(41-2)27(17-22)42-3/h6-19,31H,1-5H3. The Kier molecular flexibility index (Phi) is 8.46. The number of nitrogens with zero attached hydrogens (tertiary/aromatic N) is 4. The molecule has 2 aromatic heterocycles. The number of aromatic nitrogens is 3. The first-order chi connectivity index (χ1) is 21.9. The van der Waals surface area contributed by atoms with Crippen LogP contribution in [0.2, 0.25) is 0 Å². The highest BCUT2D eigenvalue weighted by Crippen LogP contribution is 2.34. The van der Waals surface area contributed by atoms with Crippen LogP contribution in [0.5, 0.6) is 11.5 Å². The average Bonchev–Trinajstić information content (AvgIpc) is 3.64. The number of esters is 1. The molecule has 0 saturated carbocycles. The van der Waals surface area contributed by atoms with Crippen LogP contribution in [-0.4, -0.2) is 47.9 Å². The lowest BCUT2D eigenvalue weighted by molar-refractivity contribution is -0.136. The summed E-state index contributed by atoms with van der Waals surface area (Å²) in [5, 5.41) is 4.92. The van der Waals surface area contributed by atoms with Crippen molar-refractivity contribution in [3.8, 4) is 28.4 Å². The highest BCUT2D eigenvalue weighted by Gasteiger charge is 2.33. The summed E-state index contributed by atoms with van der Waals surface area (Å²) in [6, 6.07) is 22.5. The van der Waals surface area contributed by atoms with Gasteiger partial charge in [-0.25, -0.2) is 14.5 Å². The topological polar surface area (TPSA) is 96.9 Å². The van der Waals surface area contributed by atoms with Crippen LogP contribution in [0, 0.1) is 0 Å². The smallest absolute Gasteiger partial charge is 0.338 e. The number of hydrogen-bond donors (Lipinski definition) is 0. The minimum absolute atomic E-state index is 0.266. The minimum Gasteiger partial charge on any atom is -0.493 e. The van der Waals surface area contributed by atoms with E-state index in [-0.39, 0.29) is 5.56 Å². The van der Waals surface area contributed by atoms with Crippen LogP contribution in [0.25, 0.3) is 23.0 Å². The number of allylic oxidation sites excluding steroid dienone is 1. The normalized spacial score (nSPS) is 14.6. The second-order valence-corrected chi connectivity index (χ2v) is 12.0. The van der Waals surface area contributed by atoms with Gasteiger partial charge in [0.25, 0.3) is 5.56 Å². The number of fused-ring (bicyclic) bond motifs is 1. The maximum atomic E-state index is 14.2. The Morgan fingerprint density at radius 2 is 1.71 bits per heavy atom. The molecule has 3 heterocycles. The number of carbonyl (C=O) groups is 1. The van der Waals surface area contributed by atoms with Gasteiger partial charge in [0.05, 0.1) is 48.9 Å². The maximum absolute atomic E-state index is 14.2. The molecule has 0 radical (unpaired) electrons. The van der Waals surface area contributed by atoms with Crippen LogP contribution in [0.1, 0.15) is 24.1 Å². The molecule has 0 spiro atoms. The predicted octanol–water partition coefficient (Wildman–Crippen LogP) is 5.00. The molecule has 0 saturated heterocycles. The molecule has 9 nitrogen and oxygen atoms in total. The Hall–Kier alpha value is -4.87. The predicted molar refractivity (Wildman–Crippen MR) is 176 cm³/mol. The van der Waals surface area contributed by atoms with Crippen molar-refractivity contribution in [3.05, 3.63) is 121 Å². The molecule has 0 N–H and O–H groups in total. The molecular weight excluding hydrogens is 609 g/mol. The van der Waals surface area contributed by atoms with Gasteiger partial charge in [-0.1, -0.05) is 41.7 Å². The van der Waals surface area contributed by atoms with Crippen LogP contribution in [0.4, 0.5) is 0 Å². The first-order valence-electron chi connectivity index (χ1n) is 14.0. The number of hydrogen-bond acceptors (Lipinski definition) is 9. The van der Waals surface area contributed by atoms with Gasteiger partial charge >= 0.3 is 5.97 Å². The summed E-state index contributed by atoms with van der Waals surface area (Å²) in [6.45, 7) is 1.77. The molecule has 3 aromatic carbocycles. The van der Waals surface area contributed by atoms with Gasteiger partial charge in [0.2, 0.25) is 0 Å². The van der Waals surface area contributed by atoms with E-state index >= 15 is 0 Å². The van der Waals surface area contributed by atoms with E-state index in [1.54, 1.807) is 42.2 Å². The molecule has 1 aliphatic heterocycles. The van der Waals surface area contributed by atoms with E-state index in [1.807, 2.05) is 91.3 Å². The average molecular weight is 639 g/mol. The van der Waals surface area contributed by atoms with E-state index in [2.05, 4.69) is 4.99 Å². The molecule has 0 fully saturated rings. The fourth-order valence-electron chi connectivity index (χ4n) is 5.35. The summed E-state index contributed by atoms with van der Waals surface area (Å²) in [5.74, 6) is 0.637. The van der Waals surface area contributed by atoms with Gasteiger partial charge in [0.15, 0.2) is 16.3 Å². The quantitative estimate of drug-likeness (QED) is 0.174. The third-order valence-electron chi connectivity index (χ3n) is 7.57. The number of rotatable bonds is 8. The Morgan fingerprint density at radius 1 is 0.978 bits per heavy atom. The van der Waals surface area contributed by atoms with Gasteiger partial charge in [-0.05, 0) is 67.3 Å². The van der Waals surface area contributed by atoms with Crippen LogP contribution < -0.4 is 24.4 Å². The molecule has 6 rings (SSSR count). The molecule has 45 heavy (non-hydrogen) atoms. The molecule has 1 atom stereocenters. The number of para-hydroxylation sites is 1. The van der Waals surface area contributed by atoms with Crippen molar-refractivity contribution < 1.29 is 19.0 Å². The number of thiazole rings is 1. The molecule has 11 heteroatoms. The van der Waals surface area contributed by atoms with Crippen molar-refractivity contribution in [1.82, 2.24) is 14.3 Å². The highest BCUT2D eigenvalue weighted by atomic mass is 32.2. The second kappa shape index (κ2) is 12.6. The van der Waals surface area contributed by atoms with E-state index in [9.17, 15) is 9.59 Å². The Labute approximate surface area is 267 Å². The van der Waals surface area contributed by atoms with Gasteiger partial charge in [0, 0.05) is 22.2 Å². The molecule has 1 unspecified atom stereocenters. The summed E-state index contributed by atoms with van der Waals surface area (Å²) in [4.78, 5) is 33.5. The highest BCUT2D eigenvalue weighted by molar-refractivity contribution is 7.98. The number of ether oxygens (including phenoxy) is 3. The van der Waals surface area contributed by atoms with Crippen molar-refractivity contribution in [3.63, 3.8) is 0 Å². The zero-order valence-corrected chi connectivity index (χ0v) is 26.9. The van der Waals surface area contributed by atoms with Crippen molar-refractivity contribution in [2.75, 3.05) is 27.6 Å². The number of methoxy groups -OCH3 is 3. The Balaban J connectivity index is 1.56. The SMILES string of the molecule is COC(=O)C1=C(C)N=c2sc(=Cc3cn(-c4ccccc4)nc3-c3ccc(OC)c(OC)c3)c(=O)n2C1c1ccc(SC)cc1. The van der Waals surface area contributed by atoms with Crippen LogP contribution in [-0.2, 0) is 9.53 Å². The second-order valence-electron chi connectivity index (χ2n) is 10.1. The van der Waals surface area contributed by atoms with E-state index in [1.165, 1.54) is 18.4 Å². The van der Waals surface area contributed by atoms with E-state index in [4.69, 9.17) is 19.3 Å². The van der Waals surface area contributed by atoms with Crippen LogP contribution in [0.15, 0.2) is 105 Å². The van der Waals surface area contributed by atoms with Gasteiger partial charge in [-0.2, -0.15) is 5.10 Å². The van der Waals surface area contributed by atoms with Crippen molar-refractivity contribution in [2.45, 2.75) is 17.9 Å². The van der Waals surface area contributed by atoms with Gasteiger partial charge in [-0.15, -0.1) is 11.8 Å². The summed E-state index contributed by atoms with van der Waals surface area (Å²) < 4.78 is 20.0. The maximum Gasteiger partial charge on any atom is 0.338 e. The zero-order chi connectivity index (χ0) is 31.7. The van der Waals surface area contributed by atoms with Gasteiger partial charge < -0.3 is 14.2 Å². The van der Waals surface area contributed by atoms with E-state index < -0.39 is 12.0 Å². The monoisotopic (exact) mass is 638 g/mol. The molecule has 0 amide bonds. The fourth-order valence-corrected chi connectivity index (χ4v) is 6.79. The van der Waals surface area contributed by atoms with Crippen molar-refractivity contribution in [1.29, 1.82) is 0 Å². The molecule has 228 valence electrons. The number of benzene rings is 3. The lowest BCUT2D eigenvalue weighted by Gasteiger charge is -2.24. The lowest BCUT2D eigenvalue weighted by atomic mass is 9.96. The summed E-state index contributed by atoms with van der Waals surface area (Å²) in [5.41, 5.74) is 4.40. The summed E-state index contributed by atoms with van der Waals surface area (Å²) in [7, 11) is 4.51. The van der Waals surface area contributed by atoms with Crippen LogP contribution >= 0.6 is 23.1 Å². The zero-order valence-electron chi connectivity index (χ0n) is 25.3. The first kappa shape index (κ1) is 30.2. The molecule has 0 aliphatic carbocycles. The molecular formula is C34H30N4O5S2. The van der Waals surface area contributed by atoms with Gasteiger partial charge in [0.1, 0.15) is 5.69 Å². The molecule has 1 aliphatic rings. The third kappa shape index (κ3) is 5.60. The largest absolute Gasteiger partial charge is 0.493 e. The summed E-state index contributed by atoms with van der Waals surface area (Å²) >= 11 is 2.88. The minimum atomic E-state index is -0.691. The molecule has 5 aromatic rings. The molecule has 0 bridgehead atoms. The van der Waals surface area contributed by atoms with E-state index in [0.717, 1.165) is 27.3 Å². The Bertz CT molecular complexity index is 2110. The first-order valence-corrected chi connectivity index (χ1v) is 16.0. The number of carbonyl (C=O) groups excluding carboxylic acids is 1. The Morgan fingerprint density at radius 3 is 2.38 bits per heavy atom. The van der Waals surface area contributed by atoms with Crippen LogP contribution in [0.3, 0.4) is 0 Å². The van der Waals surface area contributed by atoms with Crippen molar-refractivity contribution in [2.24, 2.45) is 4.99 Å². The van der Waals surface area contributed by atoms with E-state index in [0.29, 0.717) is 37.8 Å². The lowest BCUT2D eigenvalue weighted by Crippen LogP contribution is -2.39. The summed E-state index contributed by atoms with van der Waals surface area (Å²) in [6.07, 6.45) is 5.72. The van der Waals surface area contributed by atoms with Gasteiger partial charge in [-0.3, -0.25) is 9.36 Å². The fraction of sp³-hybridized carbons (Fsp3) is 0.176.